The number of rotatable bonds is 3. The lowest BCUT2D eigenvalue weighted by Crippen LogP contribution is -2.51. The first kappa shape index (κ1) is 12.8. The maximum atomic E-state index is 12.3. The number of aliphatic carboxylic acids is 1. The number of alkyl halides is 3. The first-order valence-electron chi connectivity index (χ1n) is 4.59. The number of nitrogens with zero attached hydrogens (tertiary/aromatic N) is 1. The van der Waals surface area contributed by atoms with Gasteiger partial charge < -0.3 is 10.4 Å². The van der Waals surface area contributed by atoms with Crippen molar-refractivity contribution < 1.29 is 27.9 Å². The molecule has 2 N–H and O–H groups in total. The smallest absolute Gasteiger partial charge is 0.403 e. The van der Waals surface area contributed by atoms with Gasteiger partial charge in [-0.2, -0.15) is 13.2 Å². The fourth-order valence-corrected chi connectivity index (χ4v) is 1.43. The minimum Gasteiger partial charge on any atom is -0.481 e. The Balaban J connectivity index is 2.61. The molecule has 1 fully saturated rings. The Hall–Kier alpha value is -1.31. The molecule has 1 aliphatic heterocycles. The average Bonchev–Trinajstić information content (AvgIpc) is 2.12. The van der Waals surface area contributed by atoms with Gasteiger partial charge in [-0.3, -0.25) is 14.5 Å². The van der Waals surface area contributed by atoms with Crippen LogP contribution in [0, 0.1) is 5.92 Å². The van der Waals surface area contributed by atoms with E-state index < -0.39 is 30.5 Å². The zero-order valence-corrected chi connectivity index (χ0v) is 8.25. The van der Waals surface area contributed by atoms with Crippen molar-refractivity contribution in [3.05, 3.63) is 0 Å². The maximum Gasteiger partial charge on any atom is 0.403 e. The van der Waals surface area contributed by atoms with Crippen molar-refractivity contribution in [1.82, 2.24) is 10.2 Å². The van der Waals surface area contributed by atoms with Gasteiger partial charge in [-0.15, -0.1) is 0 Å². The van der Waals surface area contributed by atoms with E-state index in [1.807, 2.05) is 0 Å². The summed E-state index contributed by atoms with van der Waals surface area (Å²) in [5, 5.41) is 10.9. The van der Waals surface area contributed by atoms with Crippen LogP contribution in [0.25, 0.3) is 0 Å². The molecule has 1 unspecified atom stereocenters. The van der Waals surface area contributed by atoms with Gasteiger partial charge in [0.05, 0.1) is 6.54 Å². The lowest BCUT2D eigenvalue weighted by Gasteiger charge is -2.29. The van der Waals surface area contributed by atoms with Crippen molar-refractivity contribution in [1.29, 1.82) is 0 Å². The first-order chi connectivity index (χ1) is 7.30. The predicted octanol–water partition coefficient (Wildman–Crippen LogP) is -0.319. The van der Waals surface area contributed by atoms with E-state index in [2.05, 4.69) is 5.32 Å². The van der Waals surface area contributed by atoms with Crippen molar-refractivity contribution in [3.63, 3.8) is 0 Å². The molecular weight excluding hydrogens is 229 g/mol. The minimum atomic E-state index is -4.79. The molecule has 1 rings (SSSR count). The summed E-state index contributed by atoms with van der Waals surface area (Å²) in [6, 6.07) is 0. The first-order valence-corrected chi connectivity index (χ1v) is 4.59. The summed E-state index contributed by atoms with van der Waals surface area (Å²) in [4.78, 5) is 22.5. The number of amides is 1. The Morgan fingerprint density at radius 2 is 2.19 bits per heavy atom. The standard InChI is InChI=1S/C8H11F3N2O3/c9-8(10,11)5(7(15)16)3-13-2-1-12-6(14)4-13/h5H,1-4H2,(H,12,14)(H,15,16). The molecule has 5 nitrogen and oxygen atoms in total. The molecule has 16 heavy (non-hydrogen) atoms. The molecule has 92 valence electrons. The summed E-state index contributed by atoms with van der Waals surface area (Å²) in [6.07, 6.45) is -4.79. The van der Waals surface area contributed by atoms with Crippen molar-refractivity contribution >= 4 is 11.9 Å². The molecule has 0 aliphatic carbocycles. The van der Waals surface area contributed by atoms with E-state index in [-0.39, 0.29) is 19.6 Å². The second-order valence-electron chi connectivity index (χ2n) is 3.52. The number of halogens is 3. The summed E-state index contributed by atoms with van der Waals surface area (Å²) >= 11 is 0. The second kappa shape index (κ2) is 4.69. The Morgan fingerprint density at radius 3 is 2.62 bits per heavy atom. The van der Waals surface area contributed by atoms with Gasteiger partial charge in [0.2, 0.25) is 5.91 Å². The van der Waals surface area contributed by atoms with E-state index >= 15 is 0 Å². The van der Waals surface area contributed by atoms with Crippen molar-refractivity contribution in [3.8, 4) is 0 Å². The lowest BCUT2D eigenvalue weighted by atomic mass is 10.1. The number of carboxylic acids is 1. The van der Waals surface area contributed by atoms with Gasteiger partial charge in [-0.1, -0.05) is 0 Å². The molecule has 8 heteroatoms. The van der Waals surface area contributed by atoms with Gasteiger partial charge in [-0.05, 0) is 0 Å². The molecule has 1 amide bonds. The maximum absolute atomic E-state index is 12.3. The van der Waals surface area contributed by atoms with Crippen LogP contribution < -0.4 is 5.32 Å². The molecule has 0 bridgehead atoms. The number of carboxylic acid groups (broad SMARTS) is 1. The largest absolute Gasteiger partial charge is 0.481 e. The van der Waals surface area contributed by atoms with Crippen LogP contribution >= 0.6 is 0 Å². The quantitative estimate of drug-likeness (QED) is 0.709. The number of carbonyl (C=O) groups is 2. The third-order valence-corrected chi connectivity index (χ3v) is 2.25. The molecule has 0 aromatic rings. The Bertz CT molecular complexity index is 293. The molecule has 0 aromatic heterocycles. The molecule has 0 spiro atoms. The fraction of sp³-hybridized carbons (Fsp3) is 0.750. The number of hydrogen-bond acceptors (Lipinski definition) is 3. The summed E-state index contributed by atoms with van der Waals surface area (Å²) in [5.41, 5.74) is 0. The lowest BCUT2D eigenvalue weighted by molar-refractivity contribution is -0.197. The van der Waals surface area contributed by atoms with Gasteiger partial charge in [0.1, 0.15) is 0 Å². The van der Waals surface area contributed by atoms with E-state index in [4.69, 9.17) is 5.11 Å². The van der Waals surface area contributed by atoms with E-state index in [0.717, 1.165) is 0 Å². The zero-order valence-electron chi connectivity index (χ0n) is 8.25. The van der Waals surface area contributed by atoms with Crippen LogP contribution in [0.5, 0.6) is 0 Å². The van der Waals surface area contributed by atoms with Crippen molar-refractivity contribution in [2.75, 3.05) is 26.2 Å². The van der Waals surface area contributed by atoms with E-state index in [1.165, 1.54) is 4.90 Å². The van der Waals surface area contributed by atoms with Crippen molar-refractivity contribution in [2.45, 2.75) is 6.18 Å². The molecule has 1 heterocycles. The summed E-state index contributed by atoms with van der Waals surface area (Å²) < 4.78 is 36.9. The van der Waals surface area contributed by atoms with E-state index in [0.29, 0.717) is 0 Å². The highest BCUT2D eigenvalue weighted by Gasteiger charge is 2.46. The zero-order chi connectivity index (χ0) is 12.3. The van der Waals surface area contributed by atoms with Crippen LogP contribution in [-0.4, -0.2) is 54.2 Å². The second-order valence-corrected chi connectivity index (χ2v) is 3.52. The van der Waals surface area contributed by atoms with Gasteiger partial charge in [0.15, 0.2) is 5.92 Å². The number of piperazine rings is 1. The normalized spacial score (nSPS) is 20.3. The van der Waals surface area contributed by atoms with Crippen LogP contribution in [0.4, 0.5) is 13.2 Å². The minimum absolute atomic E-state index is 0.195. The van der Waals surface area contributed by atoms with Gasteiger partial charge in [0.25, 0.3) is 0 Å². The average molecular weight is 240 g/mol. The Labute approximate surface area is 89.2 Å². The topological polar surface area (TPSA) is 69.6 Å². The molecular formula is C8H11F3N2O3. The number of carbonyl (C=O) groups excluding carboxylic acids is 1. The highest BCUT2D eigenvalue weighted by atomic mass is 19.4. The predicted molar refractivity (Wildman–Crippen MR) is 46.6 cm³/mol. The fourth-order valence-electron chi connectivity index (χ4n) is 1.43. The number of hydrogen-bond donors (Lipinski definition) is 2. The van der Waals surface area contributed by atoms with Crippen LogP contribution in [-0.2, 0) is 9.59 Å². The summed E-state index contributed by atoms with van der Waals surface area (Å²) in [5.74, 6) is -4.76. The molecule has 0 aromatic carbocycles. The van der Waals surface area contributed by atoms with Gasteiger partial charge in [-0.25, -0.2) is 0 Å². The third kappa shape index (κ3) is 3.37. The Morgan fingerprint density at radius 1 is 1.56 bits per heavy atom. The molecule has 0 saturated carbocycles. The third-order valence-electron chi connectivity index (χ3n) is 2.25. The molecule has 1 aliphatic rings. The summed E-state index contributed by atoms with van der Waals surface area (Å²) in [6.45, 7) is -0.416. The highest BCUT2D eigenvalue weighted by Crippen LogP contribution is 2.27. The van der Waals surface area contributed by atoms with E-state index in [1.54, 1.807) is 0 Å². The summed E-state index contributed by atoms with van der Waals surface area (Å²) in [7, 11) is 0. The molecule has 0 radical (unpaired) electrons. The molecule has 1 atom stereocenters. The van der Waals surface area contributed by atoms with Gasteiger partial charge in [0, 0.05) is 19.6 Å². The van der Waals surface area contributed by atoms with Crippen LogP contribution in [0.2, 0.25) is 0 Å². The highest BCUT2D eigenvalue weighted by molar-refractivity contribution is 5.79. The monoisotopic (exact) mass is 240 g/mol. The number of nitrogens with one attached hydrogen (secondary N) is 1. The van der Waals surface area contributed by atoms with Crippen molar-refractivity contribution in [2.24, 2.45) is 5.92 Å². The van der Waals surface area contributed by atoms with Crippen LogP contribution in [0.1, 0.15) is 0 Å². The molecule has 1 saturated heterocycles. The SMILES string of the molecule is O=C1CN(CC(C(=O)O)C(F)(F)F)CCN1. The van der Waals surface area contributed by atoms with Crippen LogP contribution in [0.3, 0.4) is 0 Å². The Kier molecular flexibility index (Phi) is 3.74. The van der Waals surface area contributed by atoms with Gasteiger partial charge >= 0.3 is 12.1 Å². The van der Waals surface area contributed by atoms with E-state index in [9.17, 15) is 22.8 Å². The van der Waals surface area contributed by atoms with Crippen LogP contribution in [0.15, 0.2) is 0 Å².